The smallest absolute Gasteiger partial charge is 0.235 e. The molecule has 4 nitrogen and oxygen atoms in total. The highest BCUT2D eigenvalue weighted by molar-refractivity contribution is 6.02. The molecule has 1 saturated carbocycles. The number of nitrogens with one attached hydrogen (secondary N) is 1. The van der Waals surface area contributed by atoms with Crippen molar-refractivity contribution in [2.45, 2.75) is 32.1 Å². The van der Waals surface area contributed by atoms with E-state index >= 15 is 0 Å². The summed E-state index contributed by atoms with van der Waals surface area (Å²) >= 11 is 0. The number of hydrogen-bond donors (Lipinski definition) is 1. The van der Waals surface area contributed by atoms with E-state index in [9.17, 15) is 4.79 Å². The summed E-state index contributed by atoms with van der Waals surface area (Å²) in [5.74, 6) is 0.126. The molecule has 2 aromatic rings. The second-order valence-corrected chi connectivity index (χ2v) is 7.82. The molecule has 1 saturated heterocycles. The summed E-state index contributed by atoms with van der Waals surface area (Å²) in [6.07, 6.45) is 1.86. The predicted octanol–water partition coefficient (Wildman–Crippen LogP) is 3.81. The average molecular weight is 364 g/mol. The van der Waals surface area contributed by atoms with Gasteiger partial charge in [-0.3, -0.25) is 4.79 Å². The molecule has 0 atom stereocenters. The molecule has 0 spiro atoms. The molecular formula is C23H29N3O. The number of aryl methyl sites for hydroxylation is 1. The summed E-state index contributed by atoms with van der Waals surface area (Å²) in [6.45, 7) is 9.80. The van der Waals surface area contributed by atoms with Crippen molar-refractivity contribution >= 4 is 17.3 Å². The lowest BCUT2D eigenvalue weighted by atomic mass is 9.95. The van der Waals surface area contributed by atoms with Crippen LogP contribution >= 0.6 is 0 Å². The van der Waals surface area contributed by atoms with E-state index in [0.717, 1.165) is 62.4 Å². The standard InChI is InChI=1S/C23H29N3O/c1-3-25-13-15-26(16-14-25)20-9-10-21(18(2)17-20)24-22(27)23(11-12-23)19-7-5-4-6-8-19/h4-10,17H,3,11-16H2,1-2H3,(H,24,27). The number of hydrogen-bond acceptors (Lipinski definition) is 3. The molecule has 1 N–H and O–H groups in total. The van der Waals surface area contributed by atoms with Gasteiger partial charge in [-0.1, -0.05) is 37.3 Å². The predicted molar refractivity (Wildman–Crippen MR) is 111 cm³/mol. The normalized spacial score (nSPS) is 19.0. The van der Waals surface area contributed by atoms with Gasteiger partial charge in [0, 0.05) is 37.6 Å². The summed E-state index contributed by atoms with van der Waals surface area (Å²) in [4.78, 5) is 17.9. The molecule has 1 aliphatic heterocycles. The van der Waals surface area contributed by atoms with Gasteiger partial charge < -0.3 is 15.1 Å². The minimum atomic E-state index is -0.331. The third-order valence-corrected chi connectivity index (χ3v) is 6.15. The molecule has 4 rings (SSSR count). The van der Waals surface area contributed by atoms with Crippen LogP contribution in [0, 0.1) is 6.92 Å². The minimum absolute atomic E-state index is 0.126. The molecular weight excluding hydrogens is 334 g/mol. The number of carbonyl (C=O) groups is 1. The fourth-order valence-electron chi connectivity index (χ4n) is 4.08. The van der Waals surface area contributed by atoms with Gasteiger partial charge in [-0.15, -0.1) is 0 Å². The number of piperazine rings is 1. The first-order chi connectivity index (χ1) is 13.1. The Labute approximate surface area is 162 Å². The van der Waals surface area contributed by atoms with Crippen molar-refractivity contribution in [2.24, 2.45) is 0 Å². The number of carbonyl (C=O) groups excluding carboxylic acids is 1. The maximum Gasteiger partial charge on any atom is 0.235 e. The van der Waals surface area contributed by atoms with Gasteiger partial charge in [0.1, 0.15) is 0 Å². The van der Waals surface area contributed by atoms with Crippen molar-refractivity contribution in [3.8, 4) is 0 Å². The summed E-state index contributed by atoms with van der Waals surface area (Å²) in [5.41, 5.74) is 4.11. The van der Waals surface area contributed by atoms with Crippen LogP contribution in [0.15, 0.2) is 48.5 Å². The molecule has 1 amide bonds. The Hall–Kier alpha value is -2.33. The number of anilines is 2. The highest BCUT2D eigenvalue weighted by Gasteiger charge is 2.51. The largest absolute Gasteiger partial charge is 0.369 e. The zero-order valence-electron chi connectivity index (χ0n) is 16.4. The van der Waals surface area contributed by atoms with Crippen LogP contribution in [0.1, 0.15) is 30.9 Å². The van der Waals surface area contributed by atoms with Crippen molar-refractivity contribution < 1.29 is 4.79 Å². The van der Waals surface area contributed by atoms with Gasteiger partial charge >= 0.3 is 0 Å². The molecule has 1 heterocycles. The zero-order chi connectivity index (χ0) is 18.9. The Morgan fingerprint density at radius 1 is 1.04 bits per heavy atom. The topological polar surface area (TPSA) is 35.6 Å². The van der Waals surface area contributed by atoms with Crippen LogP contribution < -0.4 is 10.2 Å². The second kappa shape index (κ2) is 7.35. The zero-order valence-corrected chi connectivity index (χ0v) is 16.4. The van der Waals surface area contributed by atoms with Crippen molar-refractivity contribution in [3.05, 3.63) is 59.7 Å². The second-order valence-electron chi connectivity index (χ2n) is 7.82. The van der Waals surface area contributed by atoms with Gasteiger partial charge in [0.25, 0.3) is 0 Å². The van der Waals surface area contributed by atoms with Gasteiger partial charge in [0.15, 0.2) is 0 Å². The Kier molecular flexibility index (Phi) is 4.92. The van der Waals surface area contributed by atoms with Crippen LogP contribution in [0.25, 0.3) is 0 Å². The van der Waals surface area contributed by atoms with E-state index in [1.807, 2.05) is 18.2 Å². The number of rotatable bonds is 5. The van der Waals surface area contributed by atoms with Gasteiger partial charge in [-0.2, -0.15) is 0 Å². The molecule has 0 aromatic heterocycles. The highest BCUT2D eigenvalue weighted by atomic mass is 16.2. The number of nitrogens with zero attached hydrogens (tertiary/aromatic N) is 2. The van der Waals surface area contributed by atoms with Gasteiger partial charge in [-0.05, 0) is 55.6 Å². The maximum atomic E-state index is 13.0. The Morgan fingerprint density at radius 2 is 1.74 bits per heavy atom. The first-order valence-electron chi connectivity index (χ1n) is 10.1. The van der Waals surface area contributed by atoms with E-state index in [-0.39, 0.29) is 11.3 Å². The van der Waals surface area contributed by atoms with Crippen LogP contribution in [-0.2, 0) is 10.2 Å². The quantitative estimate of drug-likeness (QED) is 0.877. The fraction of sp³-hybridized carbons (Fsp3) is 0.435. The summed E-state index contributed by atoms with van der Waals surface area (Å²) in [5, 5.41) is 3.19. The molecule has 0 bridgehead atoms. The van der Waals surface area contributed by atoms with Crippen molar-refractivity contribution in [1.82, 2.24) is 4.90 Å². The molecule has 4 heteroatoms. The molecule has 27 heavy (non-hydrogen) atoms. The highest BCUT2D eigenvalue weighted by Crippen LogP contribution is 2.49. The molecule has 2 aliphatic rings. The average Bonchev–Trinajstić information content (AvgIpc) is 3.52. The summed E-state index contributed by atoms with van der Waals surface area (Å²) in [7, 11) is 0. The third kappa shape index (κ3) is 3.59. The maximum absolute atomic E-state index is 13.0. The number of amides is 1. The van der Waals surface area contributed by atoms with Gasteiger partial charge in [-0.25, -0.2) is 0 Å². The van der Waals surface area contributed by atoms with Crippen molar-refractivity contribution in [3.63, 3.8) is 0 Å². The van der Waals surface area contributed by atoms with E-state index in [1.165, 1.54) is 5.69 Å². The van der Waals surface area contributed by atoms with E-state index in [0.29, 0.717) is 0 Å². The molecule has 2 fully saturated rings. The van der Waals surface area contributed by atoms with Crippen LogP contribution in [0.4, 0.5) is 11.4 Å². The monoisotopic (exact) mass is 363 g/mol. The lowest BCUT2D eigenvalue weighted by Gasteiger charge is -2.35. The van der Waals surface area contributed by atoms with Crippen molar-refractivity contribution in [2.75, 3.05) is 42.9 Å². The van der Waals surface area contributed by atoms with E-state index < -0.39 is 0 Å². The van der Waals surface area contributed by atoms with Crippen LogP contribution in [0.2, 0.25) is 0 Å². The minimum Gasteiger partial charge on any atom is -0.369 e. The van der Waals surface area contributed by atoms with Crippen LogP contribution in [0.3, 0.4) is 0 Å². The van der Waals surface area contributed by atoms with E-state index in [1.54, 1.807) is 0 Å². The van der Waals surface area contributed by atoms with Crippen LogP contribution in [-0.4, -0.2) is 43.5 Å². The summed E-state index contributed by atoms with van der Waals surface area (Å²) < 4.78 is 0. The lowest BCUT2D eigenvalue weighted by molar-refractivity contribution is -0.118. The molecule has 142 valence electrons. The Balaban J connectivity index is 1.45. The van der Waals surface area contributed by atoms with Gasteiger partial charge in [0.05, 0.1) is 5.41 Å². The molecule has 0 unspecified atom stereocenters. The Morgan fingerprint density at radius 3 is 2.33 bits per heavy atom. The van der Waals surface area contributed by atoms with E-state index in [4.69, 9.17) is 0 Å². The van der Waals surface area contributed by atoms with Gasteiger partial charge in [0.2, 0.25) is 5.91 Å². The first-order valence-corrected chi connectivity index (χ1v) is 10.1. The third-order valence-electron chi connectivity index (χ3n) is 6.15. The molecule has 0 radical (unpaired) electrons. The summed E-state index contributed by atoms with van der Waals surface area (Å²) in [6, 6.07) is 16.6. The SMILES string of the molecule is CCN1CCN(c2ccc(NC(=O)C3(c4ccccc4)CC3)c(C)c2)CC1. The van der Waals surface area contributed by atoms with Crippen LogP contribution in [0.5, 0.6) is 0 Å². The number of benzene rings is 2. The fourth-order valence-corrected chi connectivity index (χ4v) is 4.08. The molecule has 1 aliphatic carbocycles. The number of likely N-dealkylation sites (N-methyl/N-ethyl adjacent to an activating group) is 1. The van der Waals surface area contributed by atoms with E-state index in [2.05, 4.69) is 59.3 Å². The Bertz CT molecular complexity index is 806. The van der Waals surface area contributed by atoms with Crippen molar-refractivity contribution in [1.29, 1.82) is 0 Å². The first kappa shape index (κ1) is 18.1. The lowest BCUT2D eigenvalue weighted by Crippen LogP contribution is -2.46. The molecule has 2 aromatic carbocycles.